The zero-order chi connectivity index (χ0) is 22.5. The van der Waals surface area contributed by atoms with E-state index in [-0.39, 0.29) is 23.0 Å². The molecule has 3 rings (SSSR count). The standard InChI is InChI=1S/C22H24ClN3O3S2/c1-13(2)8-9-26-21(29)17-6-4-15(23)10-18(17)25-22(26)30-12-19(28)20-7-5-16(31-20)11-24-14(3)27/h4-7,10,13H,8-9,11-12H2,1-3H3,(H,24,27). The number of amides is 1. The number of benzene rings is 1. The molecule has 1 N–H and O–H groups in total. The fourth-order valence-corrected chi connectivity index (χ4v) is 4.96. The number of Topliss-reactive ketones (excluding diaryl/α,β-unsaturated/α-hetero) is 1. The van der Waals surface area contributed by atoms with Crippen LogP contribution in [0.2, 0.25) is 5.02 Å². The summed E-state index contributed by atoms with van der Waals surface area (Å²) < 4.78 is 1.66. The van der Waals surface area contributed by atoms with E-state index in [1.54, 1.807) is 28.8 Å². The molecule has 2 heterocycles. The van der Waals surface area contributed by atoms with Gasteiger partial charge in [-0.05, 0) is 42.7 Å². The number of carbonyl (C=O) groups is 2. The summed E-state index contributed by atoms with van der Waals surface area (Å²) in [5.74, 6) is 0.444. The number of thiophene rings is 1. The van der Waals surface area contributed by atoms with Gasteiger partial charge < -0.3 is 5.32 Å². The highest BCUT2D eigenvalue weighted by atomic mass is 35.5. The van der Waals surface area contributed by atoms with Gasteiger partial charge in [-0.15, -0.1) is 11.3 Å². The number of nitrogens with zero attached hydrogens (tertiary/aromatic N) is 2. The van der Waals surface area contributed by atoms with Gasteiger partial charge >= 0.3 is 0 Å². The Balaban J connectivity index is 1.82. The van der Waals surface area contributed by atoms with Crippen molar-refractivity contribution in [3.63, 3.8) is 0 Å². The molecule has 1 aromatic carbocycles. The molecule has 0 saturated heterocycles. The summed E-state index contributed by atoms with van der Waals surface area (Å²) in [6.45, 7) is 6.61. The zero-order valence-corrected chi connectivity index (χ0v) is 20.0. The van der Waals surface area contributed by atoms with Crippen LogP contribution in [0, 0.1) is 5.92 Å². The summed E-state index contributed by atoms with van der Waals surface area (Å²) in [6, 6.07) is 8.66. The van der Waals surface area contributed by atoms with E-state index in [4.69, 9.17) is 11.6 Å². The molecule has 3 aromatic rings. The van der Waals surface area contributed by atoms with Crippen molar-refractivity contribution in [2.75, 3.05) is 5.75 Å². The molecule has 0 saturated carbocycles. The van der Waals surface area contributed by atoms with Crippen LogP contribution < -0.4 is 10.9 Å². The number of hydrogen-bond donors (Lipinski definition) is 1. The molecule has 0 bridgehead atoms. The maximum atomic E-state index is 13.1. The second-order valence-electron chi connectivity index (χ2n) is 7.58. The van der Waals surface area contributed by atoms with E-state index in [0.29, 0.717) is 45.0 Å². The van der Waals surface area contributed by atoms with E-state index in [1.807, 2.05) is 6.07 Å². The first kappa shape index (κ1) is 23.5. The van der Waals surface area contributed by atoms with Crippen LogP contribution in [-0.4, -0.2) is 27.0 Å². The van der Waals surface area contributed by atoms with Crippen molar-refractivity contribution in [1.29, 1.82) is 0 Å². The number of aromatic nitrogens is 2. The van der Waals surface area contributed by atoms with Crippen LogP contribution in [0.3, 0.4) is 0 Å². The topological polar surface area (TPSA) is 81.1 Å². The van der Waals surface area contributed by atoms with Crippen molar-refractivity contribution < 1.29 is 9.59 Å². The van der Waals surface area contributed by atoms with Crippen molar-refractivity contribution in [2.24, 2.45) is 5.92 Å². The van der Waals surface area contributed by atoms with E-state index in [0.717, 1.165) is 11.3 Å². The van der Waals surface area contributed by atoms with Crippen molar-refractivity contribution >= 4 is 57.3 Å². The Morgan fingerprint density at radius 1 is 1.26 bits per heavy atom. The van der Waals surface area contributed by atoms with Crippen molar-refractivity contribution in [3.8, 4) is 0 Å². The lowest BCUT2D eigenvalue weighted by molar-refractivity contribution is -0.119. The molecule has 0 aliphatic carbocycles. The Bertz CT molecular complexity index is 1170. The quantitative estimate of drug-likeness (QED) is 0.273. The van der Waals surface area contributed by atoms with Crippen LogP contribution in [0.15, 0.2) is 40.3 Å². The molecule has 9 heteroatoms. The number of thioether (sulfide) groups is 1. The highest BCUT2D eigenvalue weighted by molar-refractivity contribution is 7.99. The van der Waals surface area contributed by atoms with Gasteiger partial charge in [0, 0.05) is 23.4 Å². The third-order valence-corrected chi connectivity index (χ3v) is 6.93. The molecular formula is C22H24ClN3O3S2. The van der Waals surface area contributed by atoms with Crippen molar-refractivity contribution in [3.05, 3.63) is 55.5 Å². The molecule has 0 atom stereocenters. The van der Waals surface area contributed by atoms with Crippen LogP contribution >= 0.6 is 34.7 Å². The molecule has 0 spiro atoms. The van der Waals surface area contributed by atoms with Crippen LogP contribution in [0.1, 0.15) is 41.7 Å². The number of rotatable bonds is 9. The lowest BCUT2D eigenvalue weighted by Gasteiger charge is -2.14. The molecule has 0 radical (unpaired) electrons. The molecular weight excluding hydrogens is 454 g/mol. The molecule has 0 unspecified atom stereocenters. The minimum absolute atomic E-state index is 0.0417. The fourth-order valence-electron chi connectivity index (χ4n) is 2.90. The maximum Gasteiger partial charge on any atom is 0.262 e. The minimum atomic E-state index is -0.119. The van der Waals surface area contributed by atoms with Crippen molar-refractivity contribution in [2.45, 2.75) is 45.4 Å². The first-order valence-corrected chi connectivity index (χ1v) is 12.1. The predicted octanol–water partition coefficient (Wildman–Crippen LogP) is 4.77. The first-order chi connectivity index (χ1) is 14.7. The second-order valence-corrected chi connectivity index (χ2v) is 10.1. The average molecular weight is 478 g/mol. The Morgan fingerprint density at radius 2 is 2.03 bits per heavy atom. The maximum absolute atomic E-state index is 13.1. The zero-order valence-electron chi connectivity index (χ0n) is 17.6. The van der Waals surface area contributed by atoms with Gasteiger partial charge in [-0.3, -0.25) is 19.0 Å². The molecule has 0 aliphatic rings. The number of ketones is 1. The summed E-state index contributed by atoms with van der Waals surface area (Å²) in [5.41, 5.74) is 0.410. The van der Waals surface area contributed by atoms with Crippen LogP contribution in [-0.2, 0) is 17.9 Å². The lowest BCUT2D eigenvalue weighted by Crippen LogP contribution is -2.24. The van der Waals surface area contributed by atoms with E-state index >= 15 is 0 Å². The fraction of sp³-hybridized carbons (Fsp3) is 0.364. The van der Waals surface area contributed by atoms with E-state index < -0.39 is 0 Å². The Hall–Kier alpha value is -2.16. The van der Waals surface area contributed by atoms with Gasteiger partial charge in [-0.25, -0.2) is 4.98 Å². The molecule has 2 aromatic heterocycles. The number of halogens is 1. The lowest BCUT2D eigenvalue weighted by atomic mass is 10.1. The van der Waals surface area contributed by atoms with E-state index in [1.165, 1.54) is 30.0 Å². The Morgan fingerprint density at radius 3 is 2.74 bits per heavy atom. The number of carbonyl (C=O) groups excluding carboxylic acids is 2. The van der Waals surface area contributed by atoms with Gasteiger partial charge in [0.25, 0.3) is 5.56 Å². The van der Waals surface area contributed by atoms with Crippen molar-refractivity contribution in [1.82, 2.24) is 14.9 Å². The molecule has 0 aliphatic heterocycles. The van der Waals surface area contributed by atoms with E-state index in [2.05, 4.69) is 24.1 Å². The minimum Gasteiger partial charge on any atom is -0.351 e. The van der Waals surface area contributed by atoms with Gasteiger partial charge in [-0.2, -0.15) is 0 Å². The molecule has 0 fully saturated rings. The summed E-state index contributed by atoms with van der Waals surface area (Å²) in [4.78, 5) is 43.0. The summed E-state index contributed by atoms with van der Waals surface area (Å²) in [5, 5.41) is 4.27. The Labute approximate surface area is 194 Å². The third kappa shape index (κ3) is 6.18. The van der Waals surface area contributed by atoms with Gasteiger partial charge in [0.15, 0.2) is 10.9 Å². The van der Waals surface area contributed by atoms with Crippen LogP contribution in [0.4, 0.5) is 0 Å². The highest BCUT2D eigenvalue weighted by Gasteiger charge is 2.16. The summed E-state index contributed by atoms with van der Waals surface area (Å²) in [7, 11) is 0. The van der Waals surface area contributed by atoms with Gasteiger partial charge in [-0.1, -0.05) is 37.2 Å². The third-order valence-electron chi connectivity index (χ3n) is 4.59. The smallest absolute Gasteiger partial charge is 0.262 e. The normalized spacial score (nSPS) is 11.3. The van der Waals surface area contributed by atoms with Gasteiger partial charge in [0.2, 0.25) is 5.91 Å². The molecule has 6 nitrogen and oxygen atoms in total. The van der Waals surface area contributed by atoms with E-state index in [9.17, 15) is 14.4 Å². The largest absolute Gasteiger partial charge is 0.351 e. The SMILES string of the molecule is CC(=O)NCc1ccc(C(=O)CSc2nc3cc(Cl)ccc3c(=O)n2CCC(C)C)s1. The van der Waals surface area contributed by atoms with Gasteiger partial charge in [0.05, 0.1) is 28.1 Å². The summed E-state index contributed by atoms with van der Waals surface area (Å²) >= 11 is 8.71. The monoisotopic (exact) mass is 477 g/mol. The van der Waals surface area contributed by atoms with Crippen LogP contribution in [0.25, 0.3) is 10.9 Å². The number of fused-ring (bicyclic) bond motifs is 1. The number of nitrogens with one attached hydrogen (secondary N) is 1. The average Bonchev–Trinajstić information content (AvgIpc) is 3.18. The Kier molecular flexibility index (Phi) is 7.91. The van der Waals surface area contributed by atoms with Gasteiger partial charge in [0.1, 0.15) is 0 Å². The van der Waals surface area contributed by atoms with Crippen LogP contribution in [0.5, 0.6) is 0 Å². The second kappa shape index (κ2) is 10.4. The summed E-state index contributed by atoms with van der Waals surface area (Å²) in [6.07, 6.45) is 0.833. The first-order valence-electron chi connectivity index (χ1n) is 9.94. The molecule has 164 valence electrons. The molecule has 31 heavy (non-hydrogen) atoms. The predicted molar refractivity (Wildman–Crippen MR) is 127 cm³/mol. The highest BCUT2D eigenvalue weighted by Crippen LogP contribution is 2.24. The number of hydrogen-bond acceptors (Lipinski definition) is 6. The molecule has 1 amide bonds.